The van der Waals surface area contributed by atoms with Crippen LogP contribution in [0.15, 0.2) is 41.6 Å². The van der Waals surface area contributed by atoms with Crippen molar-refractivity contribution < 1.29 is 18.3 Å². The topological polar surface area (TPSA) is 67.4 Å². The van der Waals surface area contributed by atoms with Crippen molar-refractivity contribution in [1.29, 1.82) is 0 Å². The third-order valence-electron chi connectivity index (χ3n) is 3.54. The molecule has 0 saturated carbocycles. The van der Waals surface area contributed by atoms with Crippen LogP contribution in [0.1, 0.15) is 10.4 Å². The quantitative estimate of drug-likeness (QED) is 0.821. The SMILES string of the molecule is O=C(Nc1cnc(N2CCOCC2)nc1)c1ccccc1SC(F)F. The highest BCUT2D eigenvalue weighted by atomic mass is 32.2. The Labute approximate surface area is 147 Å². The molecule has 0 bridgehead atoms. The zero-order chi connectivity index (χ0) is 17.6. The minimum atomic E-state index is -2.59. The number of hydrogen-bond donors (Lipinski definition) is 1. The molecule has 1 amide bonds. The van der Waals surface area contributed by atoms with Crippen LogP contribution in [0.5, 0.6) is 0 Å². The van der Waals surface area contributed by atoms with Crippen LogP contribution >= 0.6 is 11.8 Å². The van der Waals surface area contributed by atoms with E-state index in [1.54, 1.807) is 12.1 Å². The zero-order valence-corrected chi connectivity index (χ0v) is 14.0. The first-order valence-electron chi connectivity index (χ1n) is 7.63. The number of amides is 1. The third-order valence-corrected chi connectivity index (χ3v) is 4.33. The van der Waals surface area contributed by atoms with Crippen molar-refractivity contribution in [3.63, 3.8) is 0 Å². The van der Waals surface area contributed by atoms with Gasteiger partial charge in [-0.1, -0.05) is 23.9 Å². The fourth-order valence-corrected chi connectivity index (χ4v) is 3.00. The van der Waals surface area contributed by atoms with Gasteiger partial charge < -0.3 is 15.0 Å². The van der Waals surface area contributed by atoms with Crippen molar-refractivity contribution in [3.8, 4) is 0 Å². The minimum Gasteiger partial charge on any atom is -0.378 e. The van der Waals surface area contributed by atoms with E-state index in [2.05, 4.69) is 15.3 Å². The predicted octanol–water partition coefficient (Wildman–Crippen LogP) is 2.88. The van der Waals surface area contributed by atoms with Crippen molar-refractivity contribution in [2.75, 3.05) is 36.5 Å². The molecule has 1 aromatic heterocycles. The number of nitrogens with zero attached hydrogens (tertiary/aromatic N) is 3. The van der Waals surface area contributed by atoms with Gasteiger partial charge in [-0.3, -0.25) is 4.79 Å². The Hall–Kier alpha value is -2.26. The van der Waals surface area contributed by atoms with E-state index in [9.17, 15) is 13.6 Å². The minimum absolute atomic E-state index is 0.185. The summed E-state index contributed by atoms with van der Waals surface area (Å²) in [4.78, 5) is 23.0. The van der Waals surface area contributed by atoms with Crippen molar-refractivity contribution in [3.05, 3.63) is 42.2 Å². The van der Waals surface area contributed by atoms with E-state index in [1.807, 2.05) is 4.90 Å². The summed E-state index contributed by atoms with van der Waals surface area (Å²) in [5.41, 5.74) is 0.587. The van der Waals surface area contributed by atoms with E-state index in [4.69, 9.17) is 4.74 Å². The normalized spacial score (nSPS) is 14.6. The van der Waals surface area contributed by atoms with Crippen LogP contribution in [-0.2, 0) is 4.74 Å². The summed E-state index contributed by atoms with van der Waals surface area (Å²) in [5, 5.41) is 2.64. The lowest BCUT2D eigenvalue weighted by Crippen LogP contribution is -2.37. The van der Waals surface area contributed by atoms with Crippen molar-refractivity contribution in [2.24, 2.45) is 0 Å². The summed E-state index contributed by atoms with van der Waals surface area (Å²) in [6.07, 6.45) is 3.00. The van der Waals surface area contributed by atoms with Gasteiger partial charge in [-0.2, -0.15) is 8.78 Å². The Kier molecular flexibility index (Phi) is 5.77. The summed E-state index contributed by atoms with van der Waals surface area (Å²) < 4.78 is 30.5. The Morgan fingerprint density at radius 3 is 2.56 bits per heavy atom. The number of hydrogen-bond acceptors (Lipinski definition) is 6. The number of benzene rings is 1. The number of nitrogens with one attached hydrogen (secondary N) is 1. The maximum atomic E-state index is 12.6. The smallest absolute Gasteiger partial charge is 0.288 e. The molecule has 0 aliphatic carbocycles. The number of morpholine rings is 1. The summed E-state index contributed by atoms with van der Waals surface area (Å²) in [7, 11) is 0. The average Bonchev–Trinajstić information content (AvgIpc) is 2.63. The number of halogens is 2. The number of alkyl halides is 2. The molecule has 0 radical (unpaired) electrons. The van der Waals surface area contributed by atoms with Gasteiger partial charge in [-0.15, -0.1) is 0 Å². The molecule has 0 unspecified atom stereocenters. The number of thioether (sulfide) groups is 1. The molecule has 0 atom stereocenters. The number of ether oxygens (including phenoxy) is 1. The maximum Gasteiger partial charge on any atom is 0.288 e. The van der Waals surface area contributed by atoms with Gasteiger partial charge in [0.15, 0.2) is 0 Å². The van der Waals surface area contributed by atoms with Crippen LogP contribution in [0.3, 0.4) is 0 Å². The van der Waals surface area contributed by atoms with Gasteiger partial charge >= 0.3 is 0 Å². The molecule has 6 nitrogen and oxygen atoms in total. The van der Waals surface area contributed by atoms with Crippen LogP contribution in [0.2, 0.25) is 0 Å². The second-order valence-electron chi connectivity index (χ2n) is 5.20. The number of carbonyl (C=O) groups is 1. The molecule has 1 N–H and O–H groups in total. The molecule has 2 aromatic rings. The molecule has 1 fully saturated rings. The summed E-state index contributed by atoms with van der Waals surface area (Å²) in [6.45, 7) is 2.68. The van der Waals surface area contributed by atoms with Crippen LogP contribution in [0, 0.1) is 0 Å². The lowest BCUT2D eigenvalue weighted by molar-refractivity contribution is 0.102. The molecule has 1 aliphatic rings. The first-order chi connectivity index (χ1) is 12.1. The summed E-state index contributed by atoms with van der Waals surface area (Å²) in [6, 6.07) is 6.23. The van der Waals surface area contributed by atoms with E-state index in [1.165, 1.54) is 24.5 Å². The molecule has 2 heterocycles. The number of carbonyl (C=O) groups excluding carboxylic acids is 1. The van der Waals surface area contributed by atoms with Gasteiger partial charge in [0, 0.05) is 18.0 Å². The molecule has 132 valence electrons. The fourth-order valence-electron chi connectivity index (χ4n) is 2.36. The third kappa shape index (κ3) is 4.64. The van der Waals surface area contributed by atoms with Gasteiger partial charge in [0.1, 0.15) is 0 Å². The molecular weight excluding hydrogens is 350 g/mol. The average molecular weight is 366 g/mol. The number of rotatable bonds is 5. The zero-order valence-electron chi connectivity index (χ0n) is 13.2. The predicted molar refractivity (Wildman–Crippen MR) is 91.3 cm³/mol. The van der Waals surface area contributed by atoms with Crippen molar-refractivity contribution >= 4 is 29.3 Å². The Bertz CT molecular complexity index is 724. The van der Waals surface area contributed by atoms with Gasteiger partial charge in [0.25, 0.3) is 11.7 Å². The largest absolute Gasteiger partial charge is 0.378 e. The first kappa shape index (κ1) is 17.6. The van der Waals surface area contributed by atoms with Crippen LogP contribution in [0.4, 0.5) is 20.4 Å². The highest BCUT2D eigenvalue weighted by Gasteiger charge is 2.17. The Morgan fingerprint density at radius 1 is 1.20 bits per heavy atom. The van der Waals surface area contributed by atoms with Crippen LogP contribution in [0.25, 0.3) is 0 Å². The van der Waals surface area contributed by atoms with Gasteiger partial charge in [-0.25, -0.2) is 9.97 Å². The van der Waals surface area contributed by atoms with E-state index in [0.717, 1.165) is 0 Å². The van der Waals surface area contributed by atoms with E-state index < -0.39 is 11.7 Å². The monoisotopic (exact) mass is 366 g/mol. The lowest BCUT2D eigenvalue weighted by atomic mass is 10.2. The molecule has 0 spiro atoms. The second-order valence-corrected chi connectivity index (χ2v) is 6.23. The Morgan fingerprint density at radius 2 is 1.88 bits per heavy atom. The van der Waals surface area contributed by atoms with Gasteiger partial charge in [0.2, 0.25) is 5.95 Å². The molecule has 1 aliphatic heterocycles. The van der Waals surface area contributed by atoms with Crippen LogP contribution < -0.4 is 10.2 Å². The van der Waals surface area contributed by atoms with E-state index in [-0.39, 0.29) is 10.5 Å². The molecule has 25 heavy (non-hydrogen) atoms. The number of aromatic nitrogens is 2. The fraction of sp³-hybridized carbons (Fsp3) is 0.312. The second kappa shape index (κ2) is 8.21. The highest BCUT2D eigenvalue weighted by Crippen LogP contribution is 2.28. The van der Waals surface area contributed by atoms with Gasteiger partial charge in [0.05, 0.1) is 36.9 Å². The van der Waals surface area contributed by atoms with Crippen molar-refractivity contribution in [1.82, 2.24) is 9.97 Å². The molecule has 1 saturated heterocycles. The Balaban J connectivity index is 1.69. The maximum absolute atomic E-state index is 12.6. The molecule has 3 rings (SSSR count). The molecule has 1 aromatic carbocycles. The highest BCUT2D eigenvalue weighted by molar-refractivity contribution is 7.99. The molecule has 9 heteroatoms. The standard InChI is InChI=1S/C16H16F2N4O2S/c17-15(18)25-13-4-2-1-3-12(13)14(23)21-11-9-19-16(20-10-11)22-5-7-24-8-6-22/h1-4,9-10,15H,5-8H2,(H,21,23). The number of anilines is 2. The summed E-state index contributed by atoms with van der Waals surface area (Å²) in [5.74, 6) is -2.51. The van der Waals surface area contributed by atoms with E-state index in [0.29, 0.717) is 49.7 Å². The van der Waals surface area contributed by atoms with Crippen molar-refractivity contribution in [2.45, 2.75) is 10.7 Å². The first-order valence-corrected chi connectivity index (χ1v) is 8.51. The van der Waals surface area contributed by atoms with Gasteiger partial charge in [-0.05, 0) is 12.1 Å². The van der Waals surface area contributed by atoms with Crippen LogP contribution in [-0.4, -0.2) is 47.9 Å². The lowest BCUT2D eigenvalue weighted by Gasteiger charge is -2.26. The summed E-state index contributed by atoms with van der Waals surface area (Å²) >= 11 is 0.341. The van der Waals surface area contributed by atoms with E-state index >= 15 is 0 Å². The molecular formula is C16H16F2N4O2S.